The number of esters is 1. The van der Waals surface area contributed by atoms with Crippen LogP contribution in [-0.4, -0.2) is 58.9 Å². The highest BCUT2D eigenvalue weighted by Crippen LogP contribution is 2.25. The van der Waals surface area contributed by atoms with Crippen LogP contribution in [0.3, 0.4) is 0 Å². The SMILES string of the molecule is CNCCC(=O)Nc1ccc(N2CCOCC2)cc1C(=O)OC.Cl.Cl. The second-order valence-electron chi connectivity index (χ2n) is 5.22. The molecule has 9 heteroatoms. The van der Waals surface area contributed by atoms with Crippen molar-refractivity contribution in [3.05, 3.63) is 23.8 Å². The Hall–Kier alpha value is -1.54. The molecular weight excluding hydrogens is 369 g/mol. The van der Waals surface area contributed by atoms with Crippen LogP contribution in [0.25, 0.3) is 0 Å². The van der Waals surface area contributed by atoms with Gasteiger partial charge in [-0.25, -0.2) is 4.79 Å². The number of methoxy groups -OCH3 is 1. The number of amides is 1. The number of benzene rings is 1. The molecule has 0 unspecified atom stereocenters. The van der Waals surface area contributed by atoms with Crippen molar-refractivity contribution in [2.45, 2.75) is 6.42 Å². The number of anilines is 2. The van der Waals surface area contributed by atoms with Gasteiger partial charge in [-0.15, -0.1) is 24.8 Å². The van der Waals surface area contributed by atoms with Crippen molar-refractivity contribution in [3.8, 4) is 0 Å². The summed E-state index contributed by atoms with van der Waals surface area (Å²) in [4.78, 5) is 26.1. The lowest BCUT2D eigenvalue weighted by Crippen LogP contribution is -2.36. The third-order valence-corrected chi connectivity index (χ3v) is 3.66. The van der Waals surface area contributed by atoms with Gasteiger partial charge in [-0.1, -0.05) is 0 Å². The van der Waals surface area contributed by atoms with Crippen LogP contribution in [0, 0.1) is 0 Å². The molecule has 1 aromatic carbocycles. The maximum Gasteiger partial charge on any atom is 0.340 e. The highest BCUT2D eigenvalue weighted by atomic mass is 35.5. The zero-order valence-electron chi connectivity index (χ0n) is 14.4. The van der Waals surface area contributed by atoms with E-state index in [0.717, 1.165) is 18.8 Å². The predicted molar refractivity (Wildman–Crippen MR) is 102 cm³/mol. The maximum absolute atomic E-state index is 12.0. The Morgan fingerprint density at radius 2 is 1.92 bits per heavy atom. The average Bonchev–Trinajstić information content (AvgIpc) is 2.60. The zero-order valence-corrected chi connectivity index (χ0v) is 16.0. The summed E-state index contributed by atoms with van der Waals surface area (Å²) in [5.74, 6) is -0.618. The van der Waals surface area contributed by atoms with Gasteiger partial charge in [0.25, 0.3) is 0 Å². The summed E-state index contributed by atoms with van der Waals surface area (Å²) in [7, 11) is 3.11. The lowest BCUT2D eigenvalue weighted by molar-refractivity contribution is -0.116. The van der Waals surface area contributed by atoms with Gasteiger partial charge in [0.05, 0.1) is 31.6 Å². The van der Waals surface area contributed by atoms with E-state index in [9.17, 15) is 9.59 Å². The van der Waals surface area contributed by atoms with Crippen molar-refractivity contribution < 1.29 is 19.1 Å². The third kappa shape index (κ3) is 6.70. The topological polar surface area (TPSA) is 79.9 Å². The number of carbonyl (C=O) groups excluding carboxylic acids is 2. The monoisotopic (exact) mass is 393 g/mol. The van der Waals surface area contributed by atoms with Crippen LogP contribution in [0.4, 0.5) is 11.4 Å². The molecule has 2 N–H and O–H groups in total. The van der Waals surface area contributed by atoms with Crippen LogP contribution in [0.2, 0.25) is 0 Å². The number of carbonyl (C=O) groups is 2. The Bertz CT molecular complexity index is 566. The van der Waals surface area contributed by atoms with Crippen molar-refractivity contribution in [2.75, 3.05) is 57.2 Å². The summed E-state index contributed by atoms with van der Waals surface area (Å²) in [5.41, 5.74) is 1.74. The molecule has 1 aliphatic rings. The summed E-state index contributed by atoms with van der Waals surface area (Å²) >= 11 is 0. The van der Waals surface area contributed by atoms with Crippen molar-refractivity contribution in [1.29, 1.82) is 0 Å². The quantitative estimate of drug-likeness (QED) is 0.716. The first kappa shape index (κ1) is 23.5. The minimum absolute atomic E-state index is 0. The molecule has 1 fully saturated rings. The van der Waals surface area contributed by atoms with E-state index in [1.807, 2.05) is 6.07 Å². The van der Waals surface area contributed by atoms with Crippen LogP contribution in [0.5, 0.6) is 0 Å². The number of rotatable bonds is 6. The number of ether oxygens (including phenoxy) is 2. The summed E-state index contributed by atoms with van der Waals surface area (Å²) in [5, 5.41) is 5.68. The van der Waals surface area contributed by atoms with Crippen LogP contribution in [0.15, 0.2) is 18.2 Å². The fourth-order valence-electron chi connectivity index (χ4n) is 2.39. The van der Waals surface area contributed by atoms with Crippen molar-refractivity contribution in [1.82, 2.24) is 5.32 Å². The first-order chi connectivity index (χ1) is 11.2. The summed E-state index contributed by atoms with van der Waals surface area (Å²) in [6.45, 7) is 3.44. The Morgan fingerprint density at radius 1 is 1.24 bits per heavy atom. The number of halogens is 2. The lowest BCUT2D eigenvalue weighted by Gasteiger charge is -2.29. The summed E-state index contributed by atoms with van der Waals surface area (Å²) in [6.07, 6.45) is 0.336. The van der Waals surface area contributed by atoms with Crippen molar-refractivity contribution in [2.24, 2.45) is 0 Å². The molecule has 0 aromatic heterocycles. The fraction of sp³-hybridized carbons (Fsp3) is 0.500. The molecule has 0 atom stereocenters. The summed E-state index contributed by atoms with van der Waals surface area (Å²) in [6, 6.07) is 5.39. The average molecular weight is 394 g/mol. The van der Waals surface area contributed by atoms with Gasteiger partial charge in [0.1, 0.15) is 0 Å². The maximum atomic E-state index is 12.0. The van der Waals surface area contributed by atoms with Crippen LogP contribution >= 0.6 is 24.8 Å². The molecule has 1 heterocycles. The first-order valence-corrected chi connectivity index (χ1v) is 7.65. The van der Waals surface area contributed by atoms with Crippen LogP contribution in [-0.2, 0) is 14.3 Å². The first-order valence-electron chi connectivity index (χ1n) is 7.65. The van der Waals surface area contributed by atoms with E-state index < -0.39 is 5.97 Å². The van der Waals surface area contributed by atoms with Crippen molar-refractivity contribution in [3.63, 3.8) is 0 Å². The number of morpholine rings is 1. The Labute approximate surface area is 160 Å². The van der Waals surface area contributed by atoms with Crippen LogP contribution < -0.4 is 15.5 Å². The molecule has 0 bridgehead atoms. The van der Waals surface area contributed by atoms with Gasteiger partial charge >= 0.3 is 5.97 Å². The second-order valence-corrected chi connectivity index (χ2v) is 5.22. The molecule has 2 rings (SSSR count). The molecule has 1 aliphatic heterocycles. The van der Waals surface area contributed by atoms with Gasteiger partial charge in [0.2, 0.25) is 5.91 Å². The second kappa shape index (κ2) is 11.9. The van der Waals surface area contributed by atoms with Gasteiger partial charge in [-0.2, -0.15) is 0 Å². The number of nitrogens with zero attached hydrogens (tertiary/aromatic N) is 1. The standard InChI is InChI=1S/C16H23N3O4.2ClH/c1-17-6-5-15(20)18-14-4-3-12(11-13(14)16(21)22-2)19-7-9-23-10-8-19;;/h3-4,11,17H,5-10H2,1-2H3,(H,18,20);2*1H. The largest absolute Gasteiger partial charge is 0.465 e. The molecule has 1 aromatic rings. The van der Waals surface area contributed by atoms with Gasteiger partial charge in [-0.3, -0.25) is 4.79 Å². The highest BCUT2D eigenvalue weighted by molar-refractivity contribution is 6.02. The fourth-order valence-corrected chi connectivity index (χ4v) is 2.39. The van der Waals surface area contributed by atoms with Gasteiger partial charge in [-0.05, 0) is 25.2 Å². The summed E-state index contributed by atoms with van der Waals surface area (Å²) < 4.78 is 10.2. The molecule has 142 valence electrons. The van der Waals surface area contributed by atoms with E-state index in [0.29, 0.717) is 37.4 Å². The molecule has 25 heavy (non-hydrogen) atoms. The zero-order chi connectivity index (χ0) is 16.7. The molecule has 1 saturated heterocycles. The van der Waals surface area contributed by atoms with Crippen LogP contribution in [0.1, 0.15) is 16.8 Å². The molecule has 7 nitrogen and oxygen atoms in total. The Kier molecular flexibility index (Phi) is 11.2. The molecular formula is C16H25Cl2N3O4. The minimum Gasteiger partial charge on any atom is -0.465 e. The van der Waals surface area contributed by atoms with E-state index in [1.165, 1.54) is 7.11 Å². The highest BCUT2D eigenvalue weighted by Gasteiger charge is 2.18. The normalized spacial score (nSPS) is 13.3. The molecule has 0 saturated carbocycles. The molecule has 0 aliphatic carbocycles. The van der Waals surface area contributed by atoms with Gasteiger partial charge < -0.3 is 25.0 Å². The Balaban J connectivity index is 0.00000288. The molecule has 0 radical (unpaired) electrons. The number of nitrogens with one attached hydrogen (secondary N) is 2. The van der Waals surface area contributed by atoms with E-state index >= 15 is 0 Å². The van der Waals surface area contributed by atoms with E-state index in [-0.39, 0.29) is 30.7 Å². The van der Waals surface area contributed by atoms with Gasteiger partial charge in [0, 0.05) is 31.7 Å². The minimum atomic E-state index is -0.468. The Morgan fingerprint density at radius 3 is 2.52 bits per heavy atom. The number of hydrogen-bond acceptors (Lipinski definition) is 6. The van der Waals surface area contributed by atoms with E-state index in [1.54, 1.807) is 19.2 Å². The van der Waals surface area contributed by atoms with E-state index in [2.05, 4.69) is 15.5 Å². The number of hydrogen-bond donors (Lipinski definition) is 2. The van der Waals surface area contributed by atoms with Crippen molar-refractivity contribution >= 4 is 48.1 Å². The third-order valence-electron chi connectivity index (χ3n) is 3.66. The van der Waals surface area contributed by atoms with Gasteiger partial charge in [0.15, 0.2) is 0 Å². The molecule has 0 spiro atoms. The smallest absolute Gasteiger partial charge is 0.340 e. The lowest BCUT2D eigenvalue weighted by atomic mass is 10.1. The van der Waals surface area contributed by atoms with E-state index in [4.69, 9.17) is 9.47 Å². The molecule has 1 amide bonds. The predicted octanol–water partition coefficient (Wildman–Crippen LogP) is 1.70.